The molecule has 0 fully saturated rings. The van der Waals surface area contributed by atoms with Crippen LogP contribution in [0.25, 0.3) is 0 Å². The van der Waals surface area contributed by atoms with Crippen LogP contribution in [0, 0.1) is 6.92 Å². The predicted molar refractivity (Wildman–Crippen MR) is 52.4 cm³/mol. The van der Waals surface area contributed by atoms with Crippen molar-refractivity contribution in [3.63, 3.8) is 0 Å². The van der Waals surface area contributed by atoms with Gasteiger partial charge in [0.25, 0.3) is 0 Å². The third-order valence-corrected chi connectivity index (χ3v) is 1.80. The third-order valence-electron chi connectivity index (χ3n) is 1.80. The topological polar surface area (TPSA) is 79.5 Å². The Morgan fingerprint density at radius 1 is 1.47 bits per heavy atom. The summed E-state index contributed by atoms with van der Waals surface area (Å²) in [5, 5.41) is 10.8. The summed E-state index contributed by atoms with van der Waals surface area (Å²) < 4.78 is 5.28. The van der Waals surface area contributed by atoms with Crippen LogP contribution in [0.15, 0.2) is 16.5 Å². The number of aliphatic carboxylic acids is 1. The molecule has 1 aromatic rings. The third kappa shape index (κ3) is 4.30. The number of aryl methyl sites for hydroxylation is 1. The number of hydrogen-bond donors (Lipinski definition) is 2. The fourth-order valence-corrected chi connectivity index (χ4v) is 1.14. The number of nitrogens with one attached hydrogen (secondary N) is 1. The Kier molecular flexibility index (Phi) is 3.91. The van der Waals surface area contributed by atoms with Gasteiger partial charge in [0.2, 0.25) is 5.91 Å². The van der Waals surface area contributed by atoms with Gasteiger partial charge in [-0.2, -0.15) is 0 Å². The molecule has 0 unspecified atom stereocenters. The Morgan fingerprint density at radius 2 is 2.20 bits per heavy atom. The molecule has 0 bridgehead atoms. The van der Waals surface area contributed by atoms with Crippen molar-refractivity contribution in [1.82, 2.24) is 5.32 Å². The van der Waals surface area contributed by atoms with Gasteiger partial charge in [-0.05, 0) is 19.1 Å². The first-order valence-electron chi connectivity index (χ1n) is 4.62. The second kappa shape index (κ2) is 5.19. The highest BCUT2D eigenvalue weighted by molar-refractivity contribution is 5.93. The molecule has 2 N–H and O–H groups in total. The second-order valence-corrected chi connectivity index (χ2v) is 3.18. The average Bonchev–Trinajstić information content (AvgIpc) is 2.50. The highest BCUT2D eigenvalue weighted by atomic mass is 16.4. The summed E-state index contributed by atoms with van der Waals surface area (Å²) in [5.41, 5.74) is 0. The van der Waals surface area contributed by atoms with E-state index in [1.807, 2.05) is 19.1 Å². The van der Waals surface area contributed by atoms with Crippen LogP contribution < -0.4 is 5.32 Å². The van der Waals surface area contributed by atoms with Gasteiger partial charge in [-0.15, -0.1) is 0 Å². The summed E-state index contributed by atoms with van der Waals surface area (Å²) in [5.74, 6) is -0.00268. The van der Waals surface area contributed by atoms with E-state index in [0.29, 0.717) is 13.0 Å². The molecule has 1 heterocycles. The van der Waals surface area contributed by atoms with Crippen LogP contribution in [0.5, 0.6) is 0 Å². The monoisotopic (exact) mass is 211 g/mol. The van der Waals surface area contributed by atoms with E-state index in [4.69, 9.17) is 9.52 Å². The number of furan rings is 1. The molecular formula is C10H13NO4. The Morgan fingerprint density at radius 3 is 2.73 bits per heavy atom. The SMILES string of the molecule is Cc1ccc(CCNC(=O)CC(=O)O)o1. The zero-order chi connectivity index (χ0) is 11.3. The molecule has 5 heteroatoms. The molecule has 1 rings (SSSR count). The molecule has 0 aliphatic heterocycles. The molecule has 0 aromatic carbocycles. The van der Waals surface area contributed by atoms with Gasteiger partial charge >= 0.3 is 5.97 Å². The minimum absolute atomic E-state index is 0.388. The average molecular weight is 211 g/mol. The van der Waals surface area contributed by atoms with Crippen LogP contribution in [0.3, 0.4) is 0 Å². The molecular weight excluding hydrogens is 198 g/mol. The standard InChI is InChI=1S/C10H13NO4/c1-7-2-3-8(15-7)4-5-11-9(12)6-10(13)14/h2-3H,4-6H2,1H3,(H,11,12)(H,13,14). The molecule has 0 radical (unpaired) electrons. The molecule has 15 heavy (non-hydrogen) atoms. The number of carbonyl (C=O) groups is 2. The lowest BCUT2D eigenvalue weighted by Crippen LogP contribution is -2.27. The zero-order valence-electron chi connectivity index (χ0n) is 8.45. The van der Waals surface area contributed by atoms with Gasteiger partial charge in [-0.3, -0.25) is 9.59 Å². The van der Waals surface area contributed by atoms with E-state index in [1.54, 1.807) is 0 Å². The summed E-state index contributed by atoms with van der Waals surface area (Å²) >= 11 is 0. The van der Waals surface area contributed by atoms with Crippen LogP contribution in [-0.4, -0.2) is 23.5 Å². The molecule has 0 saturated carbocycles. The maximum absolute atomic E-state index is 10.9. The molecule has 0 aliphatic carbocycles. The van der Waals surface area contributed by atoms with E-state index in [0.717, 1.165) is 11.5 Å². The molecule has 82 valence electrons. The van der Waals surface area contributed by atoms with Crippen molar-refractivity contribution in [1.29, 1.82) is 0 Å². The van der Waals surface area contributed by atoms with E-state index in [-0.39, 0.29) is 0 Å². The maximum atomic E-state index is 10.9. The quantitative estimate of drug-likeness (QED) is 0.703. The summed E-state index contributed by atoms with van der Waals surface area (Å²) in [7, 11) is 0. The van der Waals surface area contributed by atoms with E-state index >= 15 is 0 Å². The second-order valence-electron chi connectivity index (χ2n) is 3.18. The first-order chi connectivity index (χ1) is 7.08. The lowest BCUT2D eigenvalue weighted by atomic mass is 10.3. The van der Waals surface area contributed by atoms with Crippen molar-refractivity contribution in [2.24, 2.45) is 0 Å². The van der Waals surface area contributed by atoms with Gasteiger partial charge in [0.15, 0.2) is 0 Å². The Hall–Kier alpha value is -1.78. The van der Waals surface area contributed by atoms with Crippen LogP contribution >= 0.6 is 0 Å². The molecule has 0 saturated heterocycles. The van der Waals surface area contributed by atoms with E-state index in [9.17, 15) is 9.59 Å². The van der Waals surface area contributed by atoms with E-state index < -0.39 is 18.3 Å². The molecule has 0 aliphatic rings. The van der Waals surface area contributed by atoms with E-state index in [1.165, 1.54) is 0 Å². The van der Waals surface area contributed by atoms with Gasteiger partial charge in [0.1, 0.15) is 17.9 Å². The van der Waals surface area contributed by atoms with Crippen molar-refractivity contribution in [3.8, 4) is 0 Å². The van der Waals surface area contributed by atoms with Gasteiger partial charge in [-0.1, -0.05) is 0 Å². The maximum Gasteiger partial charge on any atom is 0.312 e. The highest BCUT2D eigenvalue weighted by Gasteiger charge is 2.06. The molecule has 1 amide bonds. The van der Waals surface area contributed by atoms with Crippen molar-refractivity contribution < 1.29 is 19.1 Å². The van der Waals surface area contributed by atoms with Gasteiger partial charge in [0, 0.05) is 13.0 Å². The first-order valence-corrected chi connectivity index (χ1v) is 4.62. The van der Waals surface area contributed by atoms with Gasteiger partial charge in [-0.25, -0.2) is 0 Å². The summed E-state index contributed by atoms with van der Waals surface area (Å²) in [6, 6.07) is 3.67. The summed E-state index contributed by atoms with van der Waals surface area (Å²) in [6.07, 6.45) is 0.0797. The number of hydrogen-bond acceptors (Lipinski definition) is 3. The fraction of sp³-hybridized carbons (Fsp3) is 0.400. The molecule has 0 spiro atoms. The van der Waals surface area contributed by atoms with Crippen molar-refractivity contribution in [2.75, 3.05) is 6.54 Å². The molecule has 5 nitrogen and oxygen atoms in total. The van der Waals surface area contributed by atoms with Crippen molar-refractivity contribution in [2.45, 2.75) is 19.8 Å². The molecule has 1 aromatic heterocycles. The summed E-state index contributed by atoms with van der Waals surface area (Å²) in [6.45, 7) is 2.23. The Bertz CT molecular complexity index is 356. The van der Waals surface area contributed by atoms with Crippen LogP contribution in [0.1, 0.15) is 17.9 Å². The number of carbonyl (C=O) groups excluding carboxylic acids is 1. The smallest absolute Gasteiger partial charge is 0.312 e. The summed E-state index contributed by atoms with van der Waals surface area (Å²) in [4.78, 5) is 21.1. The number of carboxylic acids is 1. The lowest BCUT2D eigenvalue weighted by Gasteiger charge is -2.01. The lowest BCUT2D eigenvalue weighted by molar-refractivity contribution is -0.140. The van der Waals surface area contributed by atoms with Gasteiger partial charge < -0.3 is 14.8 Å². The van der Waals surface area contributed by atoms with Crippen LogP contribution in [0.2, 0.25) is 0 Å². The Labute approximate surface area is 87.1 Å². The van der Waals surface area contributed by atoms with Gasteiger partial charge in [0.05, 0.1) is 0 Å². The largest absolute Gasteiger partial charge is 0.481 e. The minimum Gasteiger partial charge on any atom is -0.481 e. The van der Waals surface area contributed by atoms with Crippen LogP contribution in [0.4, 0.5) is 0 Å². The van der Waals surface area contributed by atoms with Crippen molar-refractivity contribution in [3.05, 3.63) is 23.7 Å². The highest BCUT2D eigenvalue weighted by Crippen LogP contribution is 2.05. The van der Waals surface area contributed by atoms with E-state index in [2.05, 4.69) is 5.32 Å². The van der Waals surface area contributed by atoms with Crippen LogP contribution in [-0.2, 0) is 16.0 Å². The minimum atomic E-state index is -1.12. The van der Waals surface area contributed by atoms with Crippen molar-refractivity contribution >= 4 is 11.9 Å². The normalized spacial score (nSPS) is 9.93. The first kappa shape index (κ1) is 11.3. The molecule has 0 atom stereocenters. The number of rotatable bonds is 5. The number of carboxylic acid groups (broad SMARTS) is 1. The fourth-order valence-electron chi connectivity index (χ4n) is 1.14. The Balaban J connectivity index is 2.22. The zero-order valence-corrected chi connectivity index (χ0v) is 8.45. The predicted octanol–water partition coefficient (Wildman–Crippen LogP) is 0.721. The number of amides is 1.